The second-order valence-corrected chi connectivity index (χ2v) is 6.72. The Morgan fingerprint density at radius 2 is 2.09 bits per heavy atom. The predicted octanol–water partition coefficient (Wildman–Crippen LogP) is 4.08. The molecule has 2 aromatic rings. The quantitative estimate of drug-likeness (QED) is 0.834. The Hall–Kier alpha value is -1.92. The molecule has 1 aromatic carbocycles. The molecular weight excluding hydrogens is 303 g/mol. The molecule has 0 aliphatic rings. The average Bonchev–Trinajstić information content (AvgIpc) is 2.92. The van der Waals surface area contributed by atoms with Gasteiger partial charge in [0.1, 0.15) is 11.4 Å². The van der Waals surface area contributed by atoms with E-state index in [-0.39, 0.29) is 5.82 Å². The summed E-state index contributed by atoms with van der Waals surface area (Å²) in [5.74, 6) is -0.258. The summed E-state index contributed by atoms with van der Waals surface area (Å²) in [6.45, 7) is 5.75. The third-order valence-electron chi connectivity index (χ3n) is 2.70. The number of carbonyl (C=O) groups is 1. The van der Waals surface area contributed by atoms with Gasteiger partial charge < -0.3 is 4.74 Å². The lowest BCUT2D eigenvalue weighted by molar-refractivity contribution is 0.0497. The minimum absolute atomic E-state index is 0.258. The van der Waals surface area contributed by atoms with Crippen molar-refractivity contribution in [3.05, 3.63) is 47.1 Å². The number of rotatable bonds is 4. The normalized spacial score (nSPS) is 11.3. The molecule has 1 amide bonds. The number of carbonyl (C=O) groups excluding carboxylic acids is 1. The molecule has 0 radical (unpaired) electrons. The molecule has 0 fully saturated rings. The van der Waals surface area contributed by atoms with Crippen LogP contribution in [0.1, 0.15) is 26.3 Å². The van der Waals surface area contributed by atoms with Gasteiger partial charge in [-0.1, -0.05) is 12.1 Å². The highest BCUT2D eigenvalue weighted by Gasteiger charge is 2.15. The summed E-state index contributed by atoms with van der Waals surface area (Å²) in [6, 6.07) is 8.63. The van der Waals surface area contributed by atoms with Gasteiger partial charge in [0, 0.05) is 17.0 Å². The van der Waals surface area contributed by atoms with Crippen molar-refractivity contribution in [3.63, 3.8) is 0 Å². The summed E-state index contributed by atoms with van der Waals surface area (Å²) in [7, 11) is 0. The Balaban J connectivity index is 1.94. The minimum Gasteiger partial charge on any atom is -0.443 e. The van der Waals surface area contributed by atoms with Crippen molar-refractivity contribution < 1.29 is 13.9 Å². The molecule has 0 spiro atoms. The lowest BCUT2D eigenvalue weighted by atomic mass is 10.1. The maximum absolute atomic E-state index is 13.9. The molecule has 0 saturated heterocycles. The summed E-state index contributed by atoms with van der Waals surface area (Å²) in [6.07, 6.45) is -0.548. The number of thiophene rings is 1. The van der Waals surface area contributed by atoms with Crippen molar-refractivity contribution in [1.29, 1.82) is 0 Å². The van der Waals surface area contributed by atoms with Gasteiger partial charge in [0.2, 0.25) is 0 Å². The summed E-state index contributed by atoms with van der Waals surface area (Å²) >= 11 is 1.48. The monoisotopic (exact) mass is 322 g/mol. The zero-order chi connectivity index (χ0) is 16.2. The topological polar surface area (TPSA) is 50.4 Å². The number of nitrogens with one attached hydrogen (secondary N) is 2. The van der Waals surface area contributed by atoms with Crippen molar-refractivity contribution in [1.82, 2.24) is 10.9 Å². The number of hydrogen-bond acceptors (Lipinski definition) is 4. The van der Waals surface area contributed by atoms with Crippen LogP contribution < -0.4 is 10.9 Å². The van der Waals surface area contributed by atoms with E-state index in [9.17, 15) is 9.18 Å². The third kappa shape index (κ3) is 4.82. The van der Waals surface area contributed by atoms with Crippen molar-refractivity contribution >= 4 is 17.4 Å². The van der Waals surface area contributed by atoms with Crippen LogP contribution in [0.5, 0.6) is 0 Å². The van der Waals surface area contributed by atoms with Crippen molar-refractivity contribution in [3.8, 4) is 10.4 Å². The predicted molar refractivity (Wildman–Crippen MR) is 85.9 cm³/mol. The van der Waals surface area contributed by atoms with E-state index >= 15 is 0 Å². The van der Waals surface area contributed by atoms with E-state index in [0.717, 1.165) is 10.4 Å². The van der Waals surface area contributed by atoms with Gasteiger partial charge >= 0.3 is 6.09 Å². The van der Waals surface area contributed by atoms with Gasteiger partial charge in [0.05, 0.1) is 0 Å². The fourth-order valence-electron chi connectivity index (χ4n) is 1.83. The zero-order valence-corrected chi connectivity index (χ0v) is 13.6. The molecular formula is C16H19FN2O2S. The van der Waals surface area contributed by atoms with Crippen LogP contribution in [-0.4, -0.2) is 11.7 Å². The lowest BCUT2D eigenvalue weighted by Crippen LogP contribution is -2.40. The van der Waals surface area contributed by atoms with Crippen LogP contribution in [0.25, 0.3) is 10.4 Å². The number of hydrazine groups is 1. The molecule has 2 N–H and O–H groups in total. The van der Waals surface area contributed by atoms with Gasteiger partial charge in [-0.2, -0.15) is 0 Å². The first-order valence-electron chi connectivity index (χ1n) is 6.89. The molecule has 2 rings (SSSR count). The minimum atomic E-state index is -0.548. The molecule has 1 heterocycles. The molecule has 0 bridgehead atoms. The highest BCUT2D eigenvalue weighted by atomic mass is 32.1. The number of amides is 1. The Labute approximate surface area is 133 Å². The Kier molecular flexibility index (Phi) is 5.15. The first-order valence-corrected chi connectivity index (χ1v) is 7.77. The second-order valence-electron chi connectivity index (χ2n) is 5.77. The molecule has 0 saturated carbocycles. The van der Waals surface area contributed by atoms with Crippen LogP contribution in [0.4, 0.5) is 9.18 Å². The Morgan fingerprint density at radius 1 is 1.32 bits per heavy atom. The van der Waals surface area contributed by atoms with E-state index in [1.807, 2.05) is 17.5 Å². The van der Waals surface area contributed by atoms with Gasteiger partial charge in [-0.3, -0.25) is 5.43 Å². The molecule has 1 aromatic heterocycles. The summed E-state index contributed by atoms with van der Waals surface area (Å²) < 4.78 is 19.0. The van der Waals surface area contributed by atoms with E-state index in [4.69, 9.17) is 4.74 Å². The highest BCUT2D eigenvalue weighted by Crippen LogP contribution is 2.28. The molecule has 22 heavy (non-hydrogen) atoms. The first-order chi connectivity index (χ1) is 10.3. The fourth-order valence-corrected chi connectivity index (χ4v) is 2.57. The lowest BCUT2D eigenvalue weighted by Gasteiger charge is -2.19. The SMILES string of the molecule is CC(C)(C)OC(=O)NNCc1ccc(F)c(-c2cccs2)c1. The number of halogens is 1. The van der Waals surface area contributed by atoms with Crippen LogP contribution in [0, 0.1) is 5.82 Å². The molecule has 0 unspecified atom stereocenters. The van der Waals surface area contributed by atoms with Crippen molar-refractivity contribution in [2.24, 2.45) is 0 Å². The van der Waals surface area contributed by atoms with Gasteiger partial charge in [0.25, 0.3) is 0 Å². The molecule has 0 aliphatic carbocycles. The van der Waals surface area contributed by atoms with Gasteiger partial charge in [0.15, 0.2) is 0 Å². The van der Waals surface area contributed by atoms with E-state index < -0.39 is 11.7 Å². The first kappa shape index (κ1) is 16.5. The van der Waals surface area contributed by atoms with Gasteiger partial charge in [-0.15, -0.1) is 11.3 Å². The number of benzene rings is 1. The third-order valence-corrected chi connectivity index (χ3v) is 3.60. The number of hydrogen-bond donors (Lipinski definition) is 2. The zero-order valence-electron chi connectivity index (χ0n) is 12.8. The van der Waals surface area contributed by atoms with Crippen LogP contribution in [0.3, 0.4) is 0 Å². The second kappa shape index (κ2) is 6.89. The summed E-state index contributed by atoms with van der Waals surface area (Å²) in [4.78, 5) is 12.4. The maximum Gasteiger partial charge on any atom is 0.422 e. The molecule has 0 aliphatic heterocycles. The Bertz CT molecular complexity index is 636. The summed E-state index contributed by atoms with van der Waals surface area (Å²) in [5, 5.41) is 1.91. The molecule has 118 valence electrons. The van der Waals surface area contributed by atoms with E-state index in [2.05, 4.69) is 10.9 Å². The summed E-state index contributed by atoms with van der Waals surface area (Å²) in [5.41, 5.74) is 6.10. The standard InChI is InChI=1S/C16H19FN2O2S/c1-16(2,3)21-15(20)19-18-10-11-6-7-13(17)12(9-11)14-5-4-8-22-14/h4-9,18H,10H2,1-3H3,(H,19,20). The molecule has 6 heteroatoms. The maximum atomic E-state index is 13.9. The fraction of sp³-hybridized carbons (Fsp3) is 0.312. The van der Waals surface area contributed by atoms with Crippen LogP contribution in [-0.2, 0) is 11.3 Å². The smallest absolute Gasteiger partial charge is 0.422 e. The van der Waals surface area contributed by atoms with Crippen LogP contribution in [0.15, 0.2) is 35.7 Å². The highest BCUT2D eigenvalue weighted by molar-refractivity contribution is 7.13. The van der Waals surface area contributed by atoms with E-state index in [1.165, 1.54) is 17.4 Å². The van der Waals surface area contributed by atoms with Crippen LogP contribution >= 0.6 is 11.3 Å². The van der Waals surface area contributed by atoms with Crippen molar-refractivity contribution in [2.75, 3.05) is 0 Å². The Morgan fingerprint density at radius 3 is 2.73 bits per heavy atom. The largest absolute Gasteiger partial charge is 0.443 e. The number of ether oxygens (including phenoxy) is 1. The molecule has 4 nitrogen and oxygen atoms in total. The van der Waals surface area contributed by atoms with Crippen LogP contribution in [0.2, 0.25) is 0 Å². The van der Waals surface area contributed by atoms with Crippen molar-refractivity contribution in [2.45, 2.75) is 32.9 Å². The van der Waals surface area contributed by atoms with E-state index in [0.29, 0.717) is 12.1 Å². The van der Waals surface area contributed by atoms with Gasteiger partial charge in [-0.05, 0) is 49.9 Å². The molecule has 0 atom stereocenters. The average molecular weight is 322 g/mol. The van der Waals surface area contributed by atoms with E-state index in [1.54, 1.807) is 32.9 Å². The van der Waals surface area contributed by atoms with Gasteiger partial charge in [-0.25, -0.2) is 14.6 Å².